The zero-order valence-electron chi connectivity index (χ0n) is 11.2. The molecule has 1 aromatic carbocycles. The number of aryl methyl sites for hydroxylation is 1. The molecule has 8 heteroatoms. The number of nitrogens with one attached hydrogen (secondary N) is 1. The molecule has 0 atom stereocenters. The Kier molecular flexibility index (Phi) is 2.86. The number of anilines is 1. The highest BCUT2D eigenvalue weighted by Crippen LogP contribution is 2.27. The SMILES string of the molecule is Cn1nc(N2CCC(=O)NC2=O)c2cc(C(=O)O)ccc21. The quantitative estimate of drug-likeness (QED) is 0.847. The Morgan fingerprint density at radius 3 is 2.81 bits per heavy atom. The third-order valence-corrected chi connectivity index (χ3v) is 3.39. The van der Waals surface area contributed by atoms with Crippen molar-refractivity contribution in [3.63, 3.8) is 0 Å². The van der Waals surface area contributed by atoms with Crippen LogP contribution < -0.4 is 10.2 Å². The predicted molar refractivity (Wildman–Crippen MR) is 73.2 cm³/mol. The van der Waals surface area contributed by atoms with Gasteiger partial charge in [-0.15, -0.1) is 0 Å². The van der Waals surface area contributed by atoms with Crippen LogP contribution in [-0.2, 0) is 11.8 Å². The van der Waals surface area contributed by atoms with E-state index in [1.54, 1.807) is 17.8 Å². The highest BCUT2D eigenvalue weighted by molar-refractivity contribution is 6.09. The fourth-order valence-electron chi connectivity index (χ4n) is 2.35. The van der Waals surface area contributed by atoms with Gasteiger partial charge in [0, 0.05) is 25.4 Å². The molecule has 0 unspecified atom stereocenters. The topological polar surface area (TPSA) is 105 Å². The zero-order valence-corrected chi connectivity index (χ0v) is 11.2. The summed E-state index contributed by atoms with van der Waals surface area (Å²) in [6, 6.07) is 4.05. The van der Waals surface area contributed by atoms with E-state index in [-0.39, 0.29) is 24.4 Å². The molecule has 1 fully saturated rings. The Bertz CT molecular complexity index is 780. The predicted octanol–water partition coefficient (Wildman–Crippen LogP) is 0.718. The maximum absolute atomic E-state index is 11.9. The summed E-state index contributed by atoms with van der Waals surface area (Å²) in [7, 11) is 1.71. The molecule has 2 heterocycles. The lowest BCUT2D eigenvalue weighted by Gasteiger charge is -2.24. The molecule has 1 aliphatic heterocycles. The monoisotopic (exact) mass is 288 g/mol. The van der Waals surface area contributed by atoms with Crippen molar-refractivity contribution in [2.45, 2.75) is 6.42 Å². The van der Waals surface area contributed by atoms with Gasteiger partial charge in [0.2, 0.25) is 5.91 Å². The second kappa shape index (κ2) is 4.58. The number of amides is 3. The van der Waals surface area contributed by atoms with E-state index in [9.17, 15) is 14.4 Å². The highest BCUT2D eigenvalue weighted by atomic mass is 16.4. The summed E-state index contributed by atoms with van der Waals surface area (Å²) < 4.78 is 1.57. The van der Waals surface area contributed by atoms with Gasteiger partial charge in [-0.1, -0.05) is 0 Å². The van der Waals surface area contributed by atoms with E-state index in [1.807, 2.05) is 0 Å². The normalized spacial score (nSPS) is 15.4. The van der Waals surface area contributed by atoms with Crippen molar-refractivity contribution in [2.75, 3.05) is 11.4 Å². The number of urea groups is 1. The molecule has 2 N–H and O–H groups in total. The van der Waals surface area contributed by atoms with Crippen LogP contribution in [-0.4, -0.2) is 39.3 Å². The van der Waals surface area contributed by atoms with Gasteiger partial charge in [0.25, 0.3) is 0 Å². The third-order valence-electron chi connectivity index (χ3n) is 3.39. The summed E-state index contributed by atoms with van der Waals surface area (Å²) in [5.74, 6) is -1.03. The minimum atomic E-state index is -1.05. The second-order valence-corrected chi connectivity index (χ2v) is 4.74. The van der Waals surface area contributed by atoms with Crippen LogP contribution in [0.15, 0.2) is 18.2 Å². The van der Waals surface area contributed by atoms with Crippen molar-refractivity contribution >= 4 is 34.6 Å². The van der Waals surface area contributed by atoms with Gasteiger partial charge >= 0.3 is 12.0 Å². The Hall–Kier alpha value is -2.90. The van der Waals surface area contributed by atoms with Crippen molar-refractivity contribution in [2.24, 2.45) is 7.05 Å². The van der Waals surface area contributed by atoms with Crippen molar-refractivity contribution in [3.8, 4) is 0 Å². The molecule has 0 radical (unpaired) electrons. The summed E-state index contributed by atoms with van der Waals surface area (Å²) in [5, 5.41) is 16.1. The number of aromatic carboxylic acids is 1. The van der Waals surface area contributed by atoms with Gasteiger partial charge in [-0.2, -0.15) is 5.10 Å². The Morgan fingerprint density at radius 1 is 1.38 bits per heavy atom. The van der Waals surface area contributed by atoms with E-state index in [0.717, 1.165) is 0 Å². The lowest BCUT2D eigenvalue weighted by atomic mass is 10.1. The van der Waals surface area contributed by atoms with Crippen LogP contribution in [0.3, 0.4) is 0 Å². The van der Waals surface area contributed by atoms with E-state index in [4.69, 9.17) is 5.11 Å². The van der Waals surface area contributed by atoms with Crippen LogP contribution in [0, 0.1) is 0 Å². The first-order valence-electron chi connectivity index (χ1n) is 6.29. The number of hydrogen-bond donors (Lipinski definition) is 2. The molecule has 3 amide bonds. The number of rotatable bonds is 2. The first kappa shape index (κ1) is 13.1. The molecule has 1 aliphatic rings. The van der Waals surface area contributed by atoms with E-state index >= 15 is 0 Å². The lowest BCUT2D eigenvalue weighted by molar-refractivity contribution is -0.120. The standard InChI is InChI=1S/C13H12N4O4/c1-16-9-3-2-7(12(19)20)6-8(9)11(15-16)17-5-4-10(18)14-13(17)21/h2-3,6H,4-5H2,1H3,(H,19,20)(H,14,18,21). The molecule has 0 bridgehead atoms. The number of fused-ring (bicyclic) bond motifs is 1. The molecule has 0 saturated carbocycles. The number of hydrogen-bond acceptors (Lipinski definition) is 4. The van der Waals surface area contributed by atoms with Gasteiger partial charge < -0.3 is 5.11 Å². The van der Waals surface area contributed by atoms with Gasteiger partial charge in [-0.25, -0.2) is 9.59 Å². The molecule has 8 nitrogen and oxygen atoms in total. The average Bonchev–Trinajstić information content (AvgIpc) is 2.75. The lowest BCUT2D eigenvalue weighted by Crippen LogP contribution is -2.49. The van der Waals surface area contributed by atoms with E-state index in [1.165, 1.54) is 17.0 Å². The third kappa shape index (κ3) is 2.10. The Labute approximate surface area is 118 Å². The number of carboxylic acids is 1. The zero-order chi connectivity index (χ0) is 15.1. The number of imide groups is 1. The van der Waals surface area contributed by atoms with Gasteiger partial charge in [0.15, 0.2) is 5.82 Å². The number of carbonyl (C=O) groups is 3. The summed E-state index contributed by atoms with van der Waals surface area (Å²) in [5.41, 5.74) is 0.824. The van der Waals surface area contributed by atoms with Crippen molar-refractivity contribution in [1.29, 1.82) is 0 Å². The highest BCUT2D eigenvalue weighted by Gasteiger charge is 2.28. The van der Waals surface area contributed by atoms with Crippen LogP contribution in [0.1, 0.15) is 16.8 Å². The smallest absolute Gasteiger partial charge is 0.335 e. The van der Waals surface area contributed by atoms with Crippen LogP contribution in [0.5, 0.6) is 0 Å². The largest absolute Gasteiger partial charge is 0.478 e. The molecule has 108 valence electrons. The number of nitrogens with zero attached hydrogens (tertiary/aromatic N) is 3. The molecule has 21 heavy (non-hydrogen) atoms. The van der Waals surface area contributed by atoms with Gasteiger partial charge in [-0.05, 0) is 18.2 Å². The molecular weight excluding hydrogens is 276 g/mol. The van der Waals surface area contributed by atoms with Crippen LogP contribution >= 0.6 is 0 Å². The Balaban J connectivity index is 2.13. The molecule has 3 rings (SSSR count). The average molecular weight is 288 g/mol. The fourth-order valence-corrected chi connectivity index (χ4v) is 2.35. The number of aromatic nitrogens is 2. The van der Waals surface area contributed by atoms with Crippen LogP contribution in [0.25, 0.3) is 10.9 Å². The second-order valence-electron chi connectivity index (χ2n) is 4.74. The van der Waals surface area contributed by atoms with Crippen molar-refractivity contribution < 1.29 is 19.5 Å². The molecule has 1 saturated heterocycles. The number of carboxylic acid groups (broad SMARTS) is 1. The molecule has 2 aromatic rings. The molecule has 0 spiro atoms. The maximum Gasteiger partial charge on any atom is 0.335 e. The Morgan fingerprint density at radius 2 is 2.14 bits per heavy atom. The van der Waals surface area contributed by atoms with Crippen LogP contribution in [0.4, 0.5) is 10.6 Å². The summed E-state index contributed by atoms with van der Waals surface area (Å²) in [6.07, 6.45) is 0.183. The molecular formula is C13H12N4O4. The molecule has 0 aliphatic carbocycles. The van der Waals surface area contributed by atoms with Gasteiger partial charge in [-0.3, -0.25) is 19.7 Å². The van der Waals surface area contributed by atoms with Crippen molar-refractivity contribution in [1.82, 2.24) is 15.1 Å². The minimum Gasteiger partial charge on any atom is -0.478 e. The van der Waals surface area contributed by atoms with E-state index < -0.39 is 12.0 Å². The van der Waals surface area contributed by atoms with Gasteiger partial charge in [0.1, 0.15) is 0 Å². The van der Waals surface area contributed by atoms with E-state index in [2.05, 4.69) is 10.4 Å². The number of carbonyl (C=O) groups excluding carboxylic acids is 2. The first-order valence-corrected chi connectivity index (χ1v) is 6.29. The van der Waals surface area contributed by atoms with Crippen LogP contribution in [0.2, 0.25) is 0 Å². The summed E-state index contributed by atoms with van der Waals surface area (Å²) >= 11 is 0. The number of benzene rings is 1. The van der Waals surface area contributed by atoms with Gasteiger partial charge in [0.05, 0.1) is 11.1 Å². The van der Waals surface area contributed by atoms with E-state index in [0.29, 0.717) is 16.7 Å². The summed E-state index contributed by atoms with van der Waals surface area (Å²) in [6.45, 7) is 0.216. The molecule has 1 aromatic heterocycles. The first-order chi connectivity index (χ1) is 9.97. The maximum atomic E-state index is 11.9. The fraction of sp³-hybridized carbons (Fsp3) is 0.231. The summed E-state index contributed by atoms with van der Waals surface area (Å²) in [4.78, 5) is 35.5. The van der Waals surface area contributed by atoms with Crippen molar-refractivity contribution in [3.05, 3.63) is 23.8 Å². The minimum absolute atomic E-state index is 0.116.